The van der Waals surface area contributed by atoms with Gasteiger partial charge in [-0.2, -0.15) is 0 Å². The van der Waals surface area contributed by atoms with Crippen LogP contribution in [0.15, 0.2) is 30.3 Å². The van der Waals surface area contributed by atoms with Gasteiger partial charge in [-0.3, -0.25) is 4.90 Å². The van der Waals surface area contributed by atoms with E-state index in [2.05, 4.69) is 53.6 Å². The molecule has 0 unspecified atom stereocenters. The summed E-state index contributed by atoms with van der Waals surface area (Å²) in [6, 6.07) is 10.4. The van der Waals surface area contributed by atoms with Crippen molar-refractivity contribution in [1.82, 2.24) is 15.5 Å². The number of hydrogen-bond acceptors (Lipinski definition) is 3. The van der Waals surface area contributed by atoms with Crippen molar-refractivity contribution < 1.29 is 9.53 Å². The predicted octanol–water partition coefficient (Wildman–Crippen LogP) is 2.13. The van der Waals surface area contributed by atoms with E-state index in [9.17, 15) is 4.79 Å². The van der Waals surface area contributed by atoms with Crippen LogP contribution in [0, 0.1) is 0 Å². The van der Waals surface area contributed by atoms with Gasteiger partial charge in [0.1, 0.15) is 0 Å². The topological polar surface area (TPSA) is 53.6 Å². The number of carbonyl (C=O) groups excluding carboxylic acids is 1. The Labute approximate surface area is 144 Å². The Balaban J connectivity index is 1.44. The van der Waals surface area contributed by atoms with Crippen LogP contribution in [0.25, 0.3) is 0 Å². The lowest BCUT2D eigenvalue weighted by molar-refractivity contribution is -0.00874. The first-order chi connectivity index (χ1) is 11.5. The highest BCUT2D eigenvalue weighted by molar-refractivity contribution is 5.74. The summed E-state index contributed by atoms with van der Waals surface area (Å²) in [6.07, 6.45) is 2.30. The maximum Gasteiger partial charge on any atom is 0.314 e. The first-order valence-corrected chi connectivity index (χ1v) is 8.92. The third-order valence-corrected chi connectivity index (χ3v) is 5.38. The third kappa shape index (κ3) is 4.08. The van der Waals surface area contributed by atoms with Crippen molar-refractivity contribution in [3.05, 3.63) is 35.9 Å². The van der Waals surface area contributed by atoms with Crippen molar-refractivity contribution in [1.29, 1.82) is 0 Å². The van der Waals surface area contributed by atoms with Crippen LogP contribution in [0.3, 0.4) is 0 Å². The van der Waals surface area contributed by atoms with Gasteiger partial charge >= 0.3 is 6.03 Å². The minimum Gasteiger partial charge on any atom is -0.379 e. The van der Waals surface area contributed by atoms with Gasteiger partial charge < -0.3 is 15.4 Å². The van der Waals surface area contributed by atoms with Crippen LogP contribution in [0.4, 0.5) is 4.79 Å². The lowest BCUT2D eigenvalue weighted by Gasteiger charge is -2.40. The van der Waals surface area contributed by atoms with Crippen LogP contribution in [0.2, 0.25) is 0 Å². The molecular formula is C19H29N3O2. The van der Waals surface area contributed by atoms with Crippen LogP contribution < -0.4 is 10.6 Å². The summed E-state index contributed by atoms with van der Waals surface area (Å²) in [5, 5.41) is 6.11. The van der Waals surface area contributed by atoms with E-state index in [0.29, 0.717) is 13.1 Å². The molecule has 1 saturated heterocycles. The minimum atomic E-state index is -0.0708. The molecule has 0 aromatic heterocycles. The summed E-state index contributed by atoms with van der Waals surface area (Å²) < 4.78 is 5.40. The Morgan fingerprint density at radius 2 is 1.83 bits per heavy atom. The molecular weight excluding hydrogens is 302 g/mol. The highest BCUT2D eigenvalue weighted by atomic mass is 16.5. The van der Waals surface area contributed by atoms with Gasteiger partial charge in [0.2, 0.25) is 0 Å². The van der Waals surface area contributed by atoms with Gasteiger partial charge in [-0.25, -0.2) is 4.79 Å². The number of ether oxygens (including phenoxy) is 1. The Morgan fingerprint density at radius 1 is 1.17 bits per heavy atom. The van der Waals surface area contributed by atoms with E-state index in [1.807, 2.05) is 6.07 Å². The molecule has 24 heavy (non-hydrogen) atoms. The molecule has 2 aliphatic rings. The largest absolute Gasteiger partial charge is 0.379 e. The fourth-order valence-corrected chi connectivity index (χ4v) is 3.40. The molecule has 2 fully saturated rings. The van der Waals surface area contributed by atoms with E-state index in [1.165, 1.54) is 5.56 Å². The zero-order chi connectivity index (χ0) is 17.0. The third-order valence-electron chi connectivity index (χ3n) is 5.38. The molecule has 0 atom stereocenters. The number of morpholine rings is 1. The van der Waals surface area contributed by atoms with E-state index >= 15 is 0 Å². The van der Waals surface area contributed by atoms with Crippen LogP contribution in [0.1, 0.15) is 32.3 Å². The second kappa shape index (κ2) is 7.11. The second-order valence-corrected chi connectivity index (χ2v) is 7.59. The number of nitrogens with one attached hydrogen (secondary N) is 2. The zero-order valence-corrected chi connectivity index (χ0v) is 14.8. The summed E-state index contributed by atoms with van der Waals surface area (Å²) >= 11 is 0. The van der Waals surface area contributed by atoms with E-state index in [-0.39, 0.29) is 17.0 Å². The molecule has 2 N–H and O–H groups in total. The van der Waals surface area contributed by atoms with E-state index in [1.54, 1.807) is 0 Å². The van der Waals surface area contributed by atoms with Gasteiger partial charge in [0.25, 0.3) is 0 Å². The lowest BCUT2D eigenvalue weighted by atomic mass is 9.96. The molecule has 5 heteroatoms. The molecule has 0 radical (unpaired) electrons. The summed E-state index contributed by atoms with van der Waals surface area (Å²) in [5.41, 5.74) is 1.43. The van der Waals surface area contributed by atoms with Crippen LogP contribution in [0.5, 0.6) is 0 Å². The molecule has 1 heterocycles. The molecule has 0 bridgehead atoms. The number of carbonyl (C=O) groups is 1. The quantitative estimate of drug-likeness (QED) is 0.840. The van der Waals surface area contributed by atoms with Gasteiger partial charge in [-0.15, -0.1) is 0 Å². The van der Waals surface area contributed by atoms with Crippen molar-refractivity contribution in [2.45, 2.75) is 37.6 Å². The summed E-state index contributed by atoms with van der Waals surface area (Å²) in [5.74, 6) is 0. The predicted molar refractivity (Wildman–Crippen MR) is 95.2 cm³/mol. The average Bonchev–Trinajstić information content (AvgIpc) is 3.41. The van der Waals surface area contributed by atoms with E-state index in [0.717, 1.165) is 39.1 Å². The Morgan fingerprint density at radius 3 is 2.46 bits per heavy atom. The smallest absolute Gasteiger partial charge is 0.314 e. The average molecular weight is 331 g/mol. The molecule has 0 spiro atoms. The minimum absolute atomic E-state index is 0.0577. The maximum absolute atomic E-state index is 12.2. The molecule has 2 amide bonds. The lowest BCUT2D eigenvalue weighted by Crippen LogP contribution is -2.56. The van der Waals surface area contributed by atoms with Crippen LogP contribution in [-0.2, 0) is 10.2 Å². The number of amides is 2. The number of urea groups is 1. The second-order valence-electron chi connectivity index (χ2n) is 7.59. The van der Waals surface area contributed by atoms with Crippen LogP contribution in [-0.4, -0.2) is 55.9 Å². The summed E-state index contributed by atoms with van der Waals surface area (Å²) in [7, 11) is 0. The van der Waals surface area contributed by atoms with Crippen molar-refractivity contribution in [3.8, 4) is 0 Å². The molecule has 5 nitrogen and oxygen atoms in total. The Bertz CT molecular complexity index is 549. The monoisotopic (exact) mass is 331 g/mol. The van der Waals surface area contributed by atoms with Crippen molar-refractivity contribution >= 4 is 6.03 Å². The molecule has 132 valence electrons. The molecule has 1 aliphatic carbocycles. The first kappa shape index (κ1) is 17.2. The molecule has 1 aromatic carbocycles. The normalized spacial score (nSPS) is 20.4. The van der Waals surface area contributed by atoms with Crippen molar-refractivity contribution in [3.63, 3.8) is 0 Å². The summed E-state index contributed by atoms with van der Waals surface area (Å²) in [6.45, 7) is 9.08. The molecule has 1 saturated carbocycles. The number of rotatable bonds is 6. The number of nitrogens with zero attached hydrogens (tertiary/aromatic N) is 1. The first-order valence-electron chi connectivity index (χ1n) is 8.92. The number of hydrogen-bond donors (Lipinski definition) is 2. The van der Waals surface area contributed by atoms with E-state index in [4.69, 9.17) is 4.74 Å². The van der Waals surface area contributed by atoms with Gasteiger partial charge in [-0.1, -0.05) is 30.3 Å². The summed E-state index contributed by atoms with van der Waals surface area (Å²) in [4.78, 5) is 14.6. The van der Waals surface area contributed by atoms with Crippen molar-refractivity contribution in [2.75, 3.05) is 39.4 Å². The zero-order valence-electron chi connectivity index (χ0n) is 14.8. The Hall–Kier alpha value is -1.59. The van der Waals surface area contributed by atoms with Crippen LogP contribution >= 0.6 is 0 Å². The molecule has 3 rings (SSSR count). The fraction of sp³-hybridized carbons (Fsp3) is 0.632. The number of benzene rings is 1. The van der Waals surface area contributed by atoms with Crippen molar-refractivity contribution in [2.24, 2.45) is 0 Å². The van der Waals surface area contributed by atoms with Gasteiger partial charge in [0.15, 0.2) is 0 Å². The standard InChI is InChI=1S/C19H29N3O2/c1-18(2,22-10-12-24-13-11-22)14-20-17(23)21-15-19(8-9-19)16-6-4-3-5-7-16/h3-7H,8-15H2,1-2H3,(H2,20,21,23). The van der Waals surface area contributed by atoms with Gasteiger partial charge in [0, 0.05) is 37.1 Å². The molecule has 1 aromatic rings. The van der Waals surface area contributed by atoms with Gasteiger partial charge in [-0.05, 0) is 32.3 Å². The SMILES string of the molecule is CC(C)(CNC(=O)NCC1(c2ccccc2)CC1)N1CCOCC1. The Kier molecular flexibility index (Phi) is 5.11. The highest BCUT2D eigenvalue weighted by Crippen LogP contribution is 2.47. The molecule has 1 aliphatic heterocycles. The van der Waals surface area contributed by atoms with Gasteiger partial charge in [0.05, 0.1) is 13.2 Å². The fourth-order valence-electron chi connectivity index (χ4n) is 3.40. The highest BCUT2D eigenvalue weighted by Gasteiger charge is 2.44. The van der Waals surface area contributed by atoms with E-state index < -0.39 is 0 Å². The maximum atomic E-state index is 12.2.